The van der Waals surface area contributed by atoms with Crippen LogP contribution in [0.3, 0.4) is 0 Å². The molecule has 0 aromatic heterocycles. The molecule has 30 heavy (non-hydrogen) atoms. The Kier molecular flexibility index (Phi) is 7.22. The van der Waals surface area contributed by atoms with Crippen molar-refractivity contribution in [2.75, 3.05) is 25.0 Å². The molecule has 0 unspecified atom stereocenters. The average Bonchev–Trinajstić information content (AvgIpc) is 2.72. The molecule has 1 heterocycles. The highest BCUT2D eigenvalue weighted by Gasteiger charge is 2.26. The molecular formula is C24H28N2O4. The van der Waals surface area contributed by atoms with E-state index < -0.39 is 5.97 Å². The van der Waals surface area contributed by atoms with Crippen molar-refractivity contribution in [2.24, 2.45) is 11.8 Å². The lowest BCUT2D eigenvalue weighted by atomic mass is 9.92. The minimum absolute atomic E-state index is 0.188. The number of nitrogens with zero attached hydrogens (tertiary/aromatic N) is 1. The van der Waals surface area contributed by atoms with Crippen LogP contribution in [0.25, 0.3) is 0 Å². The van der Waals surface area contributed by atoms with E-state index in [4.69, 9.17) is 4.74 Å². The summed E-state index contributed by atoms with van der Waals surface area (Å²) >= 11 is 0. The molecule has 1 aliphatic heterocycles. The molecular weight excluding hydrogens is 380 g/mol. The van der Waals surface area contributed by atoms with Crippen LogP contribution < -0.4 is 5.32 Å². The second-order valence-corrected chi connectivity index (χ2v) is 8.08. The fraction of sp³-hybridized carbons (Fsp3) is 0.375. The Morgan fingerprint density at radius 2 is 1.60 bits per heavy atom. The maximum absolute atomic E-state index is 12.6. The quantitative estimate of drug-likeness (QED) is 0.742. The number of carbonyl (C=O) groups is 3. The van der Waals surface area contributed by atoms with Crippen LogP contribution in [0.1, 0.15) is 36.2 Å². The number of ether oxygens (including phenoxy) is 1. The van der Waals surface area contributed by atoms with Crippen molar-refractivity contribution in [3.05, 3.63) is 65.7 Å². The Bertz CT molecular complexity index is 887. The standard InChI is InChI=1S/C24H28N2O4/c1-17-12-18(2)15-26(14-17)23(28)16-30-24(29)20-10-6-7-11-21(20)25-22(27)13-19-8-4-3-5-9-19/h3-11,17-18H,12-16H2,1-2H3,(H,25,27)/t17-,18+. The van der Waals surface area contributed by atoms with Gasteiger partial charge in [-0.25, -0.2) is 4.79 Å². The number of nitrogens with one attached hydrogen (secondary N) is 1. The molecule has 0 aliphatic carbocycles. The summed E-state index contributed by atoms with van der Waals surface area (Å²) in [6, 6.07) is 16.0. The average molecular weight is 408 g/mol. The summed E-state index contributed by atoms with van der Waals surface area (Å²) < 4.78 is 5.27. The maximum atomic E-state index is 12.6. The highest BCUT2D eigenvalue weighted by atomic mass is 16.5. The van der Waals surface area contributed by atoms with Crippen LogP contribution in [0.5, 0.6) is 0 Å². The predicted octanol–water partition coefficient (Wildman–Crippen LogP) is 3.53. The minimum atomic E-state index is -0.628. The van der Waals surface area contributed by atoms with E-state index in [0.29, 0.717) is 30.6 Å². The number of para-hydroxylation sites is 1. The number of hydrogen-bond acceptors (Lipinski definition) is 4. The Balaban J connectivity index is 1.58. The molecule has 2 atom stereocenters. The van der Waals surface area contributed by atoms with Gasteiger partial charge in [-0.15, -0.1) is 0 Å². The first-order chi connectivity index (χ1) is 14.4. The number of esters is 1. The third-order valence-electron chi connectivity index (χ3n) is 5.18. The molecule has 0 saturated carbocycles. The predicted molar refractivity (Wildman–Crippen MR) is 115 cm³/mol. The Labute approximate surface area is 177 Å². The fourth-order valence-corrected chi connectivity index (χ4v) is 3.91. The lowest BCUT2D eigenvalue weighted by molar-refractivity contribution is -0.137. The van der Waals surface area contributed by atoms with Crippen LogP contribution in [0.15, 0.2) is 54.6 Å². The van der Waals surface area contributed by atoms with Gasteiger partial charge in [0.05, 0.1) is 17.7 Å². The van der Waals surface area contributed by atoms with Gasteiger partial charge in [-0.2, -0.15) is 0 Å². The van der Waals surface area contributed by atoms with Gasteiger partial charge >= 0.3 is 5.97 Å². The Morgan fingerprint density at radius 3 is 2.30 bits per heavy atom. The summed E-state index contributed by atoms with van der Waals surface area (Å²) in [4.78, 5) is 39.2. The maximum Gasteiger partial charge on any atom is 0.340 e. The second kappa shape index (κ2) is 10.1. The zero-order valence-electron chi connectivity index (χ0n) is 17.5. The highest BCUT2D eigenvalue weighted by molar-refractivity contribution is 6.02. The first-order valence-corrected chi connectivity index (χ1v) is 10.3. The normalized spacial score (nSPS) is 18.5. The third kappa shape index (κ3) is 5.92. The smallest absolute Gasteiger partial charge is 0.340 e. The van der Waals surface area contributed by atoms with Gasteiger partial charge in [0.15, 0.2) is 6.61 Å². The summed E-state index contributed by atoms with van der Waals surface area (Å²) in [7, 11) is 0. The SMILES string of the molecule is C[C@@H]1C[C@H](C)CN(C(=O)COC(=O)c2ccccc2NC(=O)Cc2ccccc2)C1. The van der Waals surface area contributed by atoms with E-state index in [-0.39, 0.29) is 30.4 Å². The number of piperidine rings is 1. The van der Waals surface area contributed by atoms with Crippen LogP contribution in [0.4, 0.5) is 5.69 Å². The Morgan fingerprint density at radius 1 is 0.967 bits per heavy atom. The highest BCUT2D eigenvalue weighted by Crippen LogP contribution is 2.21. The van der Waals surface area contributed by atoms with Gasteiger partial charge in [-0.1, -0.05) is 56.3 Å². The molecule has 3 rings (SSSR count). The molecule has 2 aromatic rings. The van der Waals surface area contributed by atoms with Gasteiger partial charge in [0.25, 0.3) is 5.91 Å². The molecule has 2 amide bonds. The van der Waals surface area contributed by atoms with Gasteiger partial charge in [-0.3, -0.25) is 9.59 Å². The molecule has 0 bridgehead atoms. The summed E-state index contributed by atoms with van der Waals surface area (Å²) in [6.45, 7) is 5.32. The van der Waals surface area contributed by atoms with E-state index in [9.17, 15) is 14.4 Å². The first kappa shape index (κ1) is 21.6. The van der Waals surface area contributed by atoms with Crippen molar-refractivity contribution in [1.29, 1.82) is 0 Å². The van der Waals surface area contributed by atoms with E-state index in [1.807, 2.05) is 30.3 Å². The van der Waals surface area contributed by atoms with E-state index in [1.54, 1.807) is 29.2 Å². The molecule has 2 aromatic carbocycles. The summed E-state index contributed by atoms with van der Waals surface area (Å²) in [5, 5.41) is 2.77. The number of likely N-dealkylation sites (tertiary alicyclic amines) is 1. The van der Waals surface area contributed by atoms with Gasteiger partial charge in [-0.05, 0) is 36.0 Å². The van der Waals surface area contributed by atoms with Crippen LogP contribution in [0.2, 0.25) is 0 Å². The van der Waals surface area contributed by atoms with Crippen LogP contribution in [-0.2, 0) is 20.7 Å². The molecule has 0 spiro atoms. The molecule has 158 valence electrons. The van der Waals surface area contributed by atoms with E-state index >= 15 is 0 Å². The molecule has 6 heteroatoms. The zero-order valence-corrected chi connectivity index (χ0v) is 17.5. The molecule has 1 N–H and O–H groups in total. The lowest BCUT2D eigenvalue weighted by Crippen LogP contribution is -2.44. The molecule has 1 saturated heterocycles. The van der Waals surface area contributed by atoms with Crippen molar-refractivity contribution in [3.8, 4) is 0 Å². The Hall–Kier alpha value is -3.15. The van der Waals surface area contributed by atoms with E-state index in [2.05, 4.69) is 19.2 Å². The van der Waals surface area contributed by atoms with Crippen molar-refractivity contribution >= 4 is 23.5 Å². The van der Waals surface area contributed by atoms with Gasteiger partial charge in [0, 0.05) is 13.1 Å². The second-order valence-electron chi connectivity index (χ2n) is 8.08. The minimum Gasteiger partial charge on any atom is -0.452 e. The monoisotopic (exact) mass is 408 g/mol. The van der Waals surface area contributed by atoms with Gasteiger partial charge in [0.2, 0.25) is 5.91 Å². The summed E-state index contributed by atoms with van der Waals surface area (Å²) in [5.41, 5.74) is 1.48. The number of hydrogen-bond donors (Lipinski definition) is 1. The van der Waals surface area contributed by atoms with Crippen molar-refractivity contribution < 1.29 is 19.1 Å². The number of amides is 2. The van der Waals surface area contributed by atoms with Crippen molar-refractivity contribution in [3.63, 3.8) is 0 Å². The summed E-state index contributed by atoms with van der Waals surface area (Å²) in [6.07, 6.45) is 1.30. The van der Waals surface area contributed by atoms with Crippen molar-refractivity contribution in [2.45, 2.75) is 26.7 Å². The third-order valence-corrected chi connectivity index (χ3v) is 5.18. The summed E-state index contributed by atoms with van der Waals surface area (Å²) in [5.74, 6) is -0.166. The first-order valence-electron chi connectivity index (χ1n) is 10.3. The van der Waals surface area contributed by atoms with Crippen LogP contribution in [0, 0.1) is 11.8 Å². The topological polar surface area (TPSA) is 75.7 Å². The number of benzene rings is 2. The van der Waals surface area contributed by atoms with Crippen molar-refractivity contribution in [1.82, 2.24) is 4.90 Å². The number of rotatable bonds is 6. The molecule has 0 radical (unpaired) electrons. The zero-order chi connectivity index (χ0) is 21.5. The van der Waals surface area contributed by atoms with E-state index in [1.165, 1.54) is 0 Å². The number of carbonyl (C=O) groups excluding carboxylic acids is 3. The van der Waals surface area contributed by atoms with Crippen LogP contribution >= 0.6 is 0 Å². The van der Waals surface area contributed by atoms with E-state index in [0.717, 1.165) is 12.0 Å². The molecule has 1 aliphatic rings. The molecule has 6 nitrogen and oxygen atoms in total. The van der Waals surface area contributed by atoms with Crippen LogP contribution in [-0.4, -0.2) is 42.4 Å². The largest absolute Gasteiger partial charge is 0.452 e. The molecule has 1 fully saturated rings. The van der Waals surface area contributed by atoms with Gasteiger partial charge in [0.1, 0.15) is 0 Å². The number of anilines is 1. The van der Waals surface area contributed by atoms with Gasteiger partial charge < -0.3 is 15.0 Å². The fourth-order valence-electron chi connectivity index (χ4n) is 3.91. The lowest BCUT2D eigenvalue weighted by Gasteiger charge is -2.34.